The van der Waals surface area contributed by atoms with Crippen LogP contribution in [0.25, 0.3) is 0 Å². The Kier molecular flexibility index (Phi) is 10.1. The number of halogens is 4. The molecule has 2 fully saturated rings. The summed E-state index contributed by atoms with van der Waals surface area (Å²) >= 11 is 0. The fourth-order valence-corrected chi connectivity index (χ4v) is 6.74. The van der Waals surface area contributed by atoms with Gasteiger partial charge in [0.2, 0.25) is 5.91 Å². The lowest BCUT2D eigenvalue weighted by atomic mass is 9.83. The zero-order valence-corrected chi connectivity index (χ0v) is 24.5. The minimum absolute atomic E-state index is 0.00953. The van der Waals surface area contributed by atoms with Gasteiger partial charge in [0.25, 0.3) is 15.7 Å². The Hall–Kier alpha value is -3.88. The van der Waals surface area contributed by atoms with E-state index < -0.39 is 55.8 Å². The van der Waals surface area contributed by atoms with E-state index in [0.29, 0.717) is 32.1 Å². The lowest BCUT2D eigenvalue weighted by Crippen LogP contribution is -2.48. The molecular weight excluding hydrogens is 612 g/mol. The quantitative estimate of drug-likeness (QED) is 0.205. The van der Waals surface area contributed by atoms with Gasteiger partial charge in [-0.2, -0.15) is 13.2 Å². The van der Waals surface area contributed by atoms with Gasteiger partial charge in [-0.3, -0.25) is 14.4 Å². The summed E-state index contributed by atoms with van der Waals surface area (Å²) in [4.78, 5) is 36.4. The van der Waals surface area contributed by atoms with Gasteiger partial charge in [-0.1, -0.05) is 6.07 Å². The molecule has 2 bridgehead atoms. The highest BCUT2D eigenvalue weighted by atomic mass is 32.2. The molecule has 10 nitrogen and oxygen atoms in total. The maximum absolute atomic E-state index is 14.7. The first-order chi connectivity index (χ1) is 20.7. The van der Waals surface area contributed by atoms with Gasteiger partial charge in [0, 0.05) is 24.2 Å². The van der Waals surface area contributed by atoms with Crippen molar-refractivity contribution < 1.29 is 54.9 Å². The number of hydrogen-bond acceptors (Lipinski definition) is 7. The number of unbranched alkanes of at least 4 members (excludes halogenated alkanes) is 2. The largest absolute Gasteiger partial charge is 0.501 e. The van der Waals surface area contributed by atoms with E-state index in [1.807, 2.05) is 0 Å². The van der Waals surface area contributed by atoms with Crippen molar-refractivity contribution in [3.05, 3.63) is 47.8 Å². The van der Waals surface area contributed by atoms with E-state index in [1.165, 1.54) is 19.2 Å². The molecule has 0 radical (unpaired) electrons. The number of hydrogen-bond donors (Lipinski definition) is 3. The van der Waals surface area contributed by atoms with Gasteiger partial charge in [0.1, 0.15) is 5.75 Å². The SMILES string of the molecule is COc1cc(F)c(OCCCCCC(=O)O)cc1C(=O)NC1C2CCC(C2)C1C(=O)Nc1cccc(S(=O)(=O)C(F)(F)F)c1. The minimum Gasteiger partial charge on any atom is -0.496 e. The molecule has 0 aromatic heterocycles. The Labute approximate surface area is 251 Å². The topological polar surface area (TPSA) is 148 Å². The summed E-state index contributed by atoms with van der Waals surface area (Å²) in [7, 11) is -4.37. The summed E-state index contributed by atoms with van der Waals surface area (Å²) in [6, 6.07) is 5.41. The number of fused-ring (bicyclic) bond motifs is 2. The number of rotatable bonds is 13. The van der Waals surface area contributed by atoms with E-state index in [9.17, 15) is 40.4 Å². The molecule has 0 spiro atoms. The van der Waals surface area contributed by atoms with Gasteiger partial charge in [-0.05, 0) is 74.6 Å². The minimum atomic E-state index is -5.62. The molecule has 4 atom stereocenters. The van der Waals surface area contributed by atoms with E-state index in [2.05, 4.69) is 10.6 Å². The highest BCUT2D eigenvalue weighted by molar-refractivity contribution is 7.92. The number of nitrogens with one attached hydrogen (secondary N) is 2. The van der Waals surface area contributed by atoms with Crippen molar-refractivity contribution in [2.45, 2.75) is 61.4 Å². The monoisotopic (exact) mass is 644 g/mol. The molecule has 15 heteroatoms. The summed E-state index contributed by atoms with van der Waals surface area (Å²) < 4.78 is 88.1. The molecule has 2 aromatic rings. The standard InChI is InChI=1S/C29H32F4N2O8S/c1-42-22-15-21(30)23(43-11-4-2-3-8-24(36)37)14-20(22)27(38)35-26-17-10-9-16(12-17)25(26)28(39)34-18-6-5-7-19(13-18)44(40,41)29(31,32)33/h5-7,13-17,25-26H,2-4,8-12H2,1H3,(H,34,39)(H,35,38)(H,36,37). The normalized spacial score (nSPS) is 21.1. The maximum Gasteiger partial charge on any atom is 0.501 e. The molecule has 0 saturated heterocycles. The molecular formula is C29H32F4N2O8S. The van der Waals surface area contributed by atoms with Crippen LogP contribution in [0.3, 0.4) is 0 Å². The smallest absolute Gasteiger partial charge is 0.496 e. The zero-order valence-electron chi connectivity index (χ0n) is 23.7. The summed E-state index contributed by atoms with van der Waals surface area (Å²) in [5.41, 5.74) is -5.69. The number of sulfone groups is 1. The van der Waals surface area contributed by atoms with Crippen LogP contribution in [0.5, 0.6) is 11.5 Å². The van der Waals surface area contributed by atoms with E-state index in [-0.39, 0.29) is 47.6 Å². The first kappa shape index (κ1) is 33.0. The molecule has 2 amide bonds. The first-order valence-electron chi connectivity index (χ1n) is 14.0. The van der Waals surface area contributed by atoms with Gasteiger partial charge >= 0.3 is 11.5 Å². The third kappa shape index (κ3) is 7.25. The van der Waals surface area contributed by atoms with Gasteiger partial charge in [0.15, 0.2) is 11.6 Å². The van der Waals surface area contributed by atoms with Crippen molar-refractivity contribution in [2.24, 2.45) is 17.8 Å². The number of aliphatic carboxylic acids is 1. The summed E-state index contributed by atoms with van der Waals surface area (Å²) in [6.45, 7) is 0.0873. The summed E-state index contributed by atoms with van der Waals surface area (Å²) in [5, 5.41) is 14.1. The molecule has 2 aliphatic carbocycles. The van der Waals surface area contributed by atoms with Crippen LogP contribution in [-0.4, -0.2) is 56.6 Å². The zero-order chi connectivity index (χ0) is 32.2. The molecule has 44 heavy (non-hydrogen) atoms. The maximum atomic E-state index is 14.7. The third-order valence-corrected chi connectivity index (χ3v) is 9.51. The van der Waals surface area contributed by atoms with E-state index in [1.54, 1.807) is 0 Å². The van der Waals surface area contributed by atoms with Crippen LogP contribution in [-0.2, 0) is 19.4 Å². The number of alkyl halides is 3. The number of carbonyl (C=O) groups excluding carboxylic acids is 2. The molecule has 0 heterocycles. The van der Waals surface area contributed by atoms with Crippen molar-refractivity contribution in [2.75, 3.05) is 19.0 Å². The Bertz CT molecular complexity index is 1520. The van der Waals surface area contributed by atoms with E-state index >= 15 is 0 Å². The average Bonchev–Trinajstić information content (AvgIpc) is 3.56. The molecule has 2 aliphatic rings. The number of methoxy groups -OCH3 is 1. The van der Waals surface area contributed by atoms with Gasteiger partial charge in [-0.25, -0.2) is 12.8 Å². The Morgan fingerprint density at radius 1 is 1.02 bits per heavy atom. The molecule has 240 valence electrons. The van der Waals surface area contributed by atoms with Crippen LogP contribution in [0.1, 0.15) is 55.3 Å². The molecule has 2 aromatic carbocycles. The first-order valence-corrected chi connectivity index (χ1v) is 15.5. The molecule has 2 saturated carbocycles. The number of carboxylic acids is 1. The van der Waals surface area contributed by atoms with Crippen LogP contribution in [0, 0.1) is 23.6 Å². The second kappa shape index (κ2) is 13.4. The van der Waals surface area contributed by atoms with Crippen molar-refractivity contribution in [1.29, 1.82) is 0 Å². The van der Waals surface area contributed by atoms with E-state index in [4.69, 9.17) is 14.6 Å². The predicted octanol–water partition coefficient (Wildman–Crippen LogP) is 4.93. The summed E-state index contributed by atoms with van der Waals surface area (Å²) in [5.74, 6) is -4.13. The molecule has 4 unspecified atom stereocenters. The Balaban J connectivity index is 1.47. The number of carbonyl (C=O) groups is 3. The Morgan fingerprint density at radius 2 is 1.75 bits per heavy atom. The molecule has 4 rings (SSSR count). The fraction of sp³-hybridized carbons (Fsp3) is 0.483. The van der Waals surface area contributed by atoms with Crippen LogP contribution in [0.4, 0.5) is 23.2 Å². The number of carboxylic acid groups (broad SMARTS) is 1. The summed E-state index contributed by atoms with van der Waals surface area (Å²) in [6.07, 6.45) is 3.52. The number of amides is 2. The second-order valence-corrected chi connectivity index (χ2v) is 12.8. The van der Waals surface area contributed by atoms with Gasteiger partial charge in [0.05, 0.1) is 30.1 Å². The second-order valence-electron chi connectivity index (χ2n) is 10.9. The predicted molar refractivity (Wildman–Crippen MR) is 148 cm³/mol. The number of ether oxygens (including phenoxy) is 2. The highest BCUT2D eigenvalue weighted by Crippen LogP contribution is 2.49. The lowest BCUT2D eigenvalue weighted by molar-refractivity contribution is -0.137. The Morgan fingerprint density at radius 3 is 2.43 bits per heavy atom. The van der Waals surface area contributed by atoms with Crippen LogP contribution in [0.15, 0.2) is 41.3 Å². The molecule has 3 N–H and O–H groups in total. The number of anilines is 1. The van der Waals surface area contributed by atoms with E-state index in [0.717, 1.165) is 30.7 Å². The van der Waals surface area contributed by atoms with Gasteiger partial charge in [-0.15, -0.1) is 0 Å². The van der Waals surface area contributed by atoms with Crippen LogP contribution >= 0.6 is 0 Å². The van der Waals surface area contributed by atoms with Gasteiger partial charge < -0.3 is 25.2 Å². The molecule has 0 aliphatic heterocycles. The number of benzene rings is 2. The van der Waals surface area contributed by atoms with Crippen LogP contribution in [0.2, 0.25) is 0 Å². The fourth-order valence-electron chi connectivity index (χ4n) is 5.93. The van der Waals surface area contributed by atoms with Crippen molar-refractivity contribution in [1.82, 2.24) is 5.32 Å². The highest BCUT2D eigenvalue weighted by Gasteiger charge is 2.52. The lowest BCUT2D eigenvalue weighted by Gasteiger charge is -2.31. The van der Waals surface area contributed by atoms with Crippen molar-refractivity contribution in [3.8, 4) is 11.5 Å². The van der Waals surface area contributed by atoms with Crippen LogP contribution < -0.4 is 20.1 Å². The van der Waals surface area contributed by atoms with Crippen molar-refractivity contribution in [3.63, 3.8) is 0 Å². The van der Waals surface area contributed by atoms with Crippen molar-refractivity contribution >= 4 is 33.3 Å². The third-order valence-electron chi connectivity index (χ3n) is 8.02. The average molecular weight is 645 g/mol.